The molecule has 0 radical (unpaired) electrons. The van der Waals surface area contributed by atoms with Gasteiger partial charge >= 0.3 is 0 Å². The fraction of sp³-hybridized carbons (Fsp3) is 0.125. The van der Waals surface area contributed by atoms with Crippen molar-refractivity contribution in [3.63, 3.8) is 0 Å². The predicted molar refractivity (Wildman–Crippen MR) is 54.6 cm³/mol. The number of H-pyrrole nitrogens is 1. The molecule has 2 aromatic rings. The molecular formula is C8H7F2N5O2S. The van der Waals surface area contributed by atoms with Crippen LogP contribution in [0.3, 0.4) is 0 Å². The summed E-state index contributed by atoms with van der Waals surface area (Å²) in [4.78, 5) is -1.03. The third-order valence-corrected chi connectivity index (χ3v) is 3.45. The van der Waals surface area contributed by atoms with Gasteiger partial charge in [0.25, 0.3) is 0 Å². The van der Waals surface area contributed by atoms with Crippen molar-refractivity contribution < 1.29 is 17.2 Å². The summed E-state index contributed by atoms with van der Waals surface area (Å²) in [5, 5.41) is 12.3. The van der Waals surface area contributed by atoms with E-state index in [0.717, 1.165) is 18.2 Å². The number of hydrogen-bond acceptors (Lipinski definition) is 5. The van der Waals surface area contributed by atoms with E-state index in [1.165, 1.54) is 0 Å². The largest absolute Gasteiger partial charge is 0.246 e. The number of aromatic amines is 1. The molecule has 18 heavy (non-hydrogen) atoms. The quantitative estimate of drug-likeness (QED) is 0.815. The van der Waals surface area contributed by atoms with Gasteiger partial charge in [0.05, 0.1) is 6.54 Å². The zero-order valence-electron chi connectivity index (χ0n) is 8.76. The van der Waals surface area contributed by atoms with Gasteiger partial charge in [-0.1, -0.05) is 11.3 Å². The van der Waals surface area contributed by atoms with Crippen LogP contribution >= 0.6 is 0 Å². The van der Waals surface area contributed by atoms with Crippen LogP contribution in [0, 0.1) is 11.6 Å². The SMILES string of the molecule is O=S(=O)(NCc1nn[nH]n1)c1c(F)cccc1F. The van der Waals surface area contributed by atoms with Gasteiger partial charge in [0.1, 0.15) is 11.6 Å². The molecular weight excluding hydrogens is 268 g/mol. The van der Waals surface area contributed by atoms with E-state index in [4.69, 9.17) is 0 Å². The summed E-state index contributed by atoms with van der Waals surface area (Å²) in [7, 11) is -4.32. The standard InChI is InChI=1S/C8H7F2N5O2S/c9-5-2-1-3-6(10)8(5)18(16,17)11-4-7-12-14-15-13-7/h1-3,11H,4H2,(H,12,13,14,15). The molecule has 0 unspecified atom stereocenters. The van der Waals surface area contributed by atoms with Crippen LogP contribution < -0.4 is 4.72 Å². The maximum absolute atomic E-state index is 13.3. The minimum Gasteiger partial charge on any atom is -0.207 e. The Kier molecular flexibility index (Phi) is 3.30. The van der Waals surface area contributed by atoms with Crippen LogP contribution in [-0.2, 0) is 16.6 Å². The van der Waals surface area contributed by atoms with Gasteiger partial charge in [-0.05, 0) is 12.1 Å². The number of rotatable bonds is 4. The molecule has 0 amide bonds. The number of nitrogens with one attached hydrogen (secondary N) is 2. The lowest BCUT2D eigenvalue weighted by Crippen LogP contribution is -2.25. The smallest absolute Gasteiger partial charge is 0.207 e. The topological polar surface area (TPSA) is 101 Å². The van der Waals surface area contributed by atoms with Crippen molar-refractivity contribution in [1.29, 1.82) is 0 Å². The normalized spacial score (nSPS) is 11.7. The van der Waals surface area contributed by atoms with Gasteiger partial charge in [-0.3, -0.25) is 0 Å². The first-order valence-electron chi connectivity index (χ1n) is 4.67. The van der Waals surface area contributed by atoms with Gasteiger partial charge in [0.15, 0.2) is 10.7 Å². The molecule has 0 aliphatic rings. The fourth-order valence-electron chi connectivity index (χ4n) is 1.23. The highest BCUT2D eigenvalue weighted by atomic mass is 32.2. The summed E-state index contributed by atoms with van der Waals surface area (Å²) >= 11 is 0. The maximum atomic E-state index is 13.3. The molecule has 0 bridgehead atoms. The highest BCUT2D eigenvalue weighted by molar-refractivity contribution is 7.89. The number of sulfonamides is 1. The predicted octanol–water partition coefficient (Wildman–Crippen LogP) is -0.0436. The maximum Gasteiger partial charge on any atom is 0.246 e. The van der Waals surface area contributed by atoms with Crippen LogP contribution in [0.5, 0.6) is 0 Å². The third kappa shape index (κ3) is 2.49. The lowest BCUT2D eigenvalue weighted by atomic mass is 10.3. The first kappa shape index (κ1) is 12.5. The molecule has 10 heteroatoms. The van der Waals surface area contributed by atoms with Crippen molar-refractivity contribution in [2.45, 2.75) is 11.4 Å². The van der Waals surface area contributed by atoms with Gasteiger partial charge in [0, 0.05) is 0 Å². The molecule has 1 aromatic heterocycles. The van der Waals surface area contributed by atoms with Crippen molar-refractivity contribution in [3.8, 4) is 0 Å². The van der Waals surface area contributed by atoms with Crippen LogP contribution in [-0.4, -0.2) is 29.0 Å². The monoisotopic (exact) mass is 275 g/mol. The van der Waals surface area contributed by atoms with E-state index in [1.54, 1.807) is 0 Å². The van der Waals surface area contributed by atoms with Gasteiger partial charge in [0.2, 0.25) is 10.0 Å². The summed E-state index contributed by atoms with van der Waals surface area (Å²) in [5.74, 6) is -2.29. The van der Waals surface area contributed by atoms with Crippen molar-refractivity contribution in [3.05, 3.63) is 35.7 Å². The van der Waals surface area contributed by atoms with Crippen molar-refractivity contribution >= 4 is 10.0 Å². The second-order valence-electron chi connectivity index (χ2n) is 3.20. The molecule has 7 nitrogen and oxygen atoms in total. The number of benzene rings is 1. The molecule has 0 aliphatic heterocycles. The van der Waals surface area contributed by atoms with Crippen LogP contribution in [0.4, 0.5) is 8.78 Å². The van der Waals surface area contributed by atoms with Crippen LogP contribution in [0.25, 0.3) is 0 Å². The summed E-state index contributed by atoms with van der Waals surface area (Å²) in [5.41, 5.74) is 0. The number of nitrogens with zero attached hydrogens (tertiary/aromatic N) is 3. The highest BCUT2D eigenvalue weighted by Crippen LogP contribution is 2.17. The van der Waals surface area contributed by atoms with Gasteiger partial charge in [-0.25, -0.2) is 21.9 Å². The van der Waals surface area contributed by atoms with E-state index in [-0.39, 0.29) is 12.4 Å². The van der Waals surface area contributed by atoms with Crippen LogP contribution in [0.1, 0.15) is 5.82 Å². The zero-order valence-corrected chi connectivity index (χ0v) is 9.58. The molecule has 2 rings (SSSR count). The number of aromatic nitrogens is 4. The summed E-state index contributed by atoms with van der Waals surface area (Å²) in [6, 6.07) is 2.78. The third-order valence-electron chi connectivity index (χ3n) is 2.00. The van der Waals surface area contributed by atoms with Crippen LogP contribution in [0.15, 0.2) is 23.1 Å². The Balaban J connectivity index is 2.26. The summed E-state index contributed by atoms with van der Waals surface area (Å²) < 4.78 is 52.0. The second-order valence-corrected chi connectivity index (χ2v) is 4.91. The van der Waals surface area contributed by atoms with E-state index < -0.39 is 26.6 Å². The first-order chi connectivity index (χ1) is 8.50. The van der Waals surface area contributed by atoms with Crippen molar-refractivity contribution in [1.82, 2.24) is 25.3 Å². The summed E-state index contributed by atoms with van der Waals surface area (Å²) in [6.45, 7) is -0.327. The lowest BCUT2D eigenvalue weighted by Gasteiger charge is -2.06. The lowest BCUT2D eigenvalue weighted by molar-refractivity contribution is 0.513. The van der Waals surface area contributed by atoms with E-state index in [1.807, 2.05) is 4.72 Å². The molecule has 1 heterocycles. The van der Waals surface area contributed by atoms with E-state index in [9.17, 15) is 17.2 Å². The minimum atomic E-state index is -4.32. The number of hydrogen-bond donors (Lipinski definition) is 2. The Hall–Kier alpha value is -1.94. The molecule has 1 aromatic carbocycles. The van der Waals surface area contributed by atoms with E-state index in [2.05, 4.69) is 20.6 Å². The number of tetrazole rings is 1. The molecule has 0 fully saturated rings. The Morgan fingerprint density at radius 1 is 1.28 bits per heavy atom. The molecule has 2 N–H and O–H groups in total. The Morgan fingerprint density at radius 3 is 2.50 bits per heavy atom. The first-order valence-corrected chi connectivity index (χ1v) is 6.15. The zero-order chi connectivity index (χ0) is 13.2. The average Bonchev–Trinajstić information content (AvgIpc) is 2.78. The Bertz CT molecular complexity index is 623. The summed E-state index contributed by atoms with van der Waals surface area (Å²) in [6.07, 6.45) is 0. The molecule has 0 spiro atoms. The van der Waals surface area contributed by atoms with E-state index in [0.29, 0.717) is 0 Å². The fourth-order valence-corrected chi connectivity index (χ4v) is 2.34. The van der Waals surface area contributed by atoms with Gasteiger partial charge in [-0.2, -0.15) is 5.21 Å². The molecule has 0 atom stereocenters. The van der Waals surface area contributed by atoms with Crippen molar-refractivity contribution in [2.24, 2.45) is 0 Å². The Labute approximate surface area is 100 Å². The Morgan fingerprint density at radius 2 is 1.94 bits per heavy atom. The van der Waals surface area contributed by atoms with Gasteiger partial charge in [-0.15, -0.1) is 10.2 Å². The van der Waals surface area contributed by atoms with Gasteiger partial charge < -0.3 is 0 Å². The highest BCUT2D eigenvalue weighted by Gasteiger charge is 2.23. The molecule has 96 valence electrons. The van der Waals surface area contributed by atoms with Crippen molar-refractivity contribution in [2.75, 3.05) is 0 Å². The molecule has 0 aliphatic carbocycles. The average molecular weight is 275 g/mol. The number of halogens is 2. The minimum absolute atomic E-state index is 0.0512. The second kappa shape index (κ2) is 4.74. The molecule has 0 saturated heterocycles. The molecule has 0 saturated carbocycles. The van der Waals surface area contributed by atoms with Crippen LogP contribution in [0.2, 0.25) is 0 Å². The van der Waals surface area contributed by atoms with E-state index >= 15 is 0 Å².